The molecule has 9 heteroatoms. The van der Waals surface area contributed by atoms with E-state index in [-0.39, 0.29) is 39.9 Å². The van der Waals surface area contributed by atoms with E-state index in [4.69, 9.17) is 4.55 Å². The van der Waals surface area contributed by atoms with Gasteiger partial charge in [0.05, 0.1) is 4.90 Å². The van der Waals surface area contributed by atoms with Gasteiger partial charge in [-0.3, -0.25) is 4.55 Å². The summed E-state index contributed by atoms with van der Waals surface area (Å²) in [5, 5.41) is 29.6. The zero-order valence-electron chi connectivity index (χ0n) is 14.3. The maximum Gasteiger partial charge on any atom is 0.294 e. The third kappa shape index (κ3) is 4.28. The Morgan fingerprint density at radius 3 is 2.30 bits per heavy atom. The largest absolute Gasteiger partial charge is 0.506 e. The second-order valence-corrected chi connectivity index (χ2v) is 7.36. The number of azo groups is 1. The predicted molar refractivity (Wildman–Crippen MR) is 97.2 cm³/mol. The van der Waals surface area contributed by atoms with Crippen molar-refractivity contribution in [3.05, 3.63) is 53.6 Å². The molecule has 0 unspecified atom stereocenters. The van der Waals surface area contributed by atoms with Crippen LogP contribution in [0.2, 0.25) is 0 Å². The first-order valence-corrected chi connectivity index (χ1v) is 9.06. The van der Waals surface area contributed by atoms with Gasteiger partial charge in [0.2, 0.25) is 0 Å². The van der Waals surface area contributed by atoms with Crippen LogP contribution in [-0.2, 0) is 27.2 Å². The molecule has 0 aliphatic heterocycles. The van der Waals surface area contributed by atoms with Crippen molar-refractivity contribution in [3.63, 3.8) is 0 Å². The molecule has 3 aromatic rings. The molecule has 3 N–H and O–H groups in total. The fourth-order valence-electron chi connectivity index (χ4n) is 2.61. The van der Waals surface area contributed by atoms with Crippen LogP contribution in [-0.4, -0.2) is 23.2 Å². The van der Waals surface area contributed by atoms with E-state index >= 15 is 0 Å². The number of benzene rings is 3. The van der Waals surface area contributed by atoms with Crippen molar-refractivity contribution >= 4 is 32.3 Å². The van der Waals surface area contributed by atoms with Gasteiger partial charge in [-0.1, -0.05) is 23.8 Å². The Labute approximate surface area is 166 Å². The molecule has 0 heterocycles. The molecule has 0 atom stereocenters. The van der Waals surface area contributed by atoms with E-state index in [2.05, 4.69) is 10.2 Å². The smallest absolute Gasteiger partial charge is 0.294 e. The summed E-state index contributed by atoms with van der Waals surface area (Å²) in [4.78, 5) is -0.417. The average Bonchev–Trinajstić information content (AvgIpc) is 2.54. The standard InChI is InChI=1S/C18H16N2O5S.Cu/c1-10-3-5-14-12(7-10)8-11(2)17(18(14)22)20-19-15-9-13(26(23,24)25)4-6-16(15)21;/h3-9,21-22H,1-2H3,(H,23,24,25);. The van der Waals surface area contributed by atoms with Crippen molar-refractivity contribution in [2.45, 2.75) is 18.7 Å². The van der Waals surface area contributed by atoms with Gasteiger partial charge >= 0.3 is 0 Å². The molecule has 0 spiro atoms. The first-order valence-electron chi connectivity index (χ1n) is 7.62. The summed E-state index contributed by atoms with van der Waals surface area (Å²) >= 11 is 0. The van der Waals surface area contributed by atoms with Crippen molar-refractivity contribution in [1.29, 1.82) is 0 Å². The Kier molecular flexibility index (Phi) is 5.91. The Morgan fingerprint density at radius 1 is 0.926 bits per heavy atom. The number of aromatic hydroxyl groups is 2. The van der Waals surface area contributed by atoms with Gasteiger partial charge in [0.25, 0.3) is 10.1 Å². The summed E-state index contributed by atoms with van der Waals surface area (Å²) in [6.07, 6.45) is 0. The fourth-order valence-corrected chi connectivity index (χ4v) is 3.11. The van der Waals surface area contributed by atoms with E-state index in [0.29, 0.717) is 10.9 Å². The van der Waals surface area contributed by atoms with Crippen molar-refractivity contribution in [1.82, 2.24) is 0 Å². The van der Waals surface area contributed by atoms with Crippen molar-refractivity contribution in [2.24, 2.45) is 10.2 Å². The molecule has 3 rings (SSSR count). The number of phenols is 2. The molecule has 3 aromatic carbocycles. The Morgan fingerprint density at radius 2 is 1.63 bits per heavy atom. The van der Waals surface area contributed by atoms with Gasteiger partial charge in [-0.15, -0.1) is 10.2 Å². The predicted octanol–water partition coefficient (Wildman–Crippen LogP) is 4.53. The maximum atomic E-state index is 11.2. The van der Waals surface area contributed by atoms with Crippen LogP contribution in [0.3, 0.4) is 0 Å². The van der Waals surface area contributed by atoms with Crippen LogP contribution in [0.5, 0.6) is 11.5 Å². The molecular weight excluding hydrogens is 420 g/mol. The monoisotopic (exact) mass is 435 g/mol. The molecule has 0 amide bonds. The molecule has 1 radical (unpaired) electrons. The van der Waals surface area contributed by atoms with Crippen LogP contribution >= 0.6 is 0 Å². The molecule has 0 aliphatic rings. The van der Waals surface area contributed by atoms with Crippen LogP contribution in [0.25, 0.3) is 10.8 Å². The minimum atomic E-state index is -4.44. The van der Waals surface area contributed by atoms with E-state index in [1.165, 1.54) is 0 Å². The van der Waals surface area contributed by atoms with Gasteiger partial charge in [0.15, 0.2) is 5.75 Å². The zero-order valence-corrected chi connectivity index (χ0v) is 16.1. The SMILES string of the molecule is Cc1ccc2c(O)c(N=Nc3cc(S(=O)(=O)O)ccc3O)c(C)cc2c1.[Cu]. The van der Waals surface area contributed by atoms with E-state index in [1.807, 2.05) is 25.1 Å². The summed E-state index contributed by atoms with van der Waals surface area (Å²) < 4.78 is 31.5. The summed E-state index contributed by atoms with van der Waals surface area (Å²) in [5.41, 5.74) is 1.77. The number of phenolic OH excluding ortho intramolecular Hbond substituents is 2. The van der Waals surface area contributed by atoms with Crippen molar-refractivity contribution in [3.8, 4) is 11.5 Å². The van der Waals surface area contributed by atoms with Crippen LogP contribution < -0.4 is 0 Å². The number of nitrogens with zero attached hydrogens (tertiary/aromatic N) is 2. The van der Waals surface area contributed by atoms with Gasteiger partial charge in [-0.05, 0) is 49.1 Å². The fraction of sp³-hybridized carbons (Fsp3) is 0.111. The quantitative estimate of drug-likeness (QED) is 0.317. The summed E-state index contributed by atoms with van der Waals surface area (Å²) in [6.45, 7) is 3.70. The first kappa shape index (κ1) is 20.9. The number of fused-ring (bicyclic) bond motifs is 1. The number of hydrogen-bond donors (Lipinski definition) is 3. The molecule has 0 bridgehead atoms. The number of hydrogen-bond acceptors (Lipinski definition) is 6. The molecule has 0 fully saturated rings. The van der Waals surface area contributed by atoms with Crippen molar-refractivity contribution < 1.29 is 40.3 Å². The average molecular weight is 436 g/mol. The Bertz CT molecular complexity index is 1160. The van der Waals surface area contributed by atoms with Crippen LogP contribution in [0, 0.1) is 13.8 Å². The van der Waals surface area contributed by atoms with Crippen LogP contribution in [0.15, 0.2) is 57.6 Å². The van der Waals surface area contributed by atoms with E-state index in [1.54, 1.807) is 13.0 Å². The van der Waals surface area contributed by atoms with E-state index < -0.39 is 15.0 Å². The van der Waals surface area contributed by atoms with Crippen molar-refractivity contribution in [2.75, 3.05) is 0 Å². The van der Waals surface area contributed by atoms with Gasteiger partial charge in [-0.2, -0.15) is 8.42 Å². The van der Waals surface area contributed by atoms with E-state index in [0.717, 1.165) is 29.1 Å². The third-order valence-corrected chi connectivity index (χ3v) is 4.78. The molecule has 27 heavy (non-hydrogen) atoms. The molecule has 0 aromatic heterocycles. The summed E-state index contributed by atoms with van der Waals surface area (Å²) in [6, 6.07) is 10.5. The number of rotatable bonds is 3. The maximum absolute atomic E-state index is 11.2. The molecule has 0 saturated carbocycles. The topological polar surface area (TPSA) is 120 Å². The third-order valence-electron chi connectivity index (χ3n) is 3.93. The van der Waals surface area contributed by atoms with Crippen LogP contribution in [0.4, 0.5) is 11.4 Å². The Balaban J connectivity index is 0.00000261. The minimum Gasteiger partial charge on any atom is -0.506 e. The Hall–Kier alpha value is -2.45. The van der Waals surface area contributed by atoms with E-state index in [9.17, 15) is 18.6 Å². The minimum absolute atomic E-state index is 0. The summed E-state index contributed by atoms with van der Waals surface area (Å²) in [7, 11) is -4.44. The van der Waals surface area contributed by atoms with Gasteiger partial charge in [0.1, 0.15) is 17.1 Å². The second-order valence-electron chi connectivity index (χ2n) is 5.94. The zero-order chi connectivity index (χ0) is 19.1. The summed E-state index contributed by atoms with van der Waals surface area (Å²) in [5.74, 6) is -0.371. The van der Waals surface area contributed by atoms with Gasteiger partial charge < -0.3 is 10.2 Å². The molecular formula is C18H16CuN2O5S. The molecule has 0 saturated heterocycles. The number of aryl methyl sites for hydroxylation is 2. The first-order chi connectivity index (χ1) is 12.2. The normalized spacial score (nSPS) is 11.7. The second kappa shape index (κ2) is 7.66. The molecule has 0 aliphatic carbocycles. The van der Waals surface area contributed by atoms with Crippen LogP contribution in [0.1, 0.15) is 11.1 Å². The van der Waals surface area contributed by atoms with Gasteiger partial charge in [-0.25, -0.2) is 0 Å². The molecule has 7 nitrogen and oxygen atoms in total. The molecule has 145 valence electrons. The van der Waals surface area contributed by atoms with Gasteiger partial charge in [0, 0.05) is 22.5 Å².